The Kier molecular flexibility index (Phi) is 4.77. The third kappa shape index (κ3) is 3.60. The molecule has 0 unspecified atom stereocenters. The van der Waals surface area contributed by atoms with Crippen molar-refractivity contribution in [3.8, 4) is 0 Å². The van der Waals surface area contributed by atoms with Gasteiger partial charge in [-0.15, -0.1) is 0 Å². The Bertz CT molecular complexity index is 1040. The number of benzene rings is 2. The van der Waals surface area contributed by atoms with E-state index in [-0.39, 0.29) is 11.4 Å². The molecule has 0 spiro atoms. The highest BCUT2D eigenvalue weighted by atomic mass is 35.5. The predicted octanol–water partition coefficient (Wildman–Crippen LogP) is 4.03. The summed E-state index contributed by atoms with van der Waals surface area (Å²) >= 11 is 6.03. The number of fused-ring (bicyclic) bond motifs is 1. The Morgan fingerprint density at radius 1 is 1.12 bits per heavy atom. The number of aliphatic hydroxyl groups is 1. The van der Waals surface area contributed by atoms with Gasteiger partial charge in [-0.05, 0) is 35.9 Å². The highest BCUT2D eigenvalue weighted by Crippen LogP contribution is 2.29. The van der Waals surface area contributed by atoms with Crippen molar-refractivity contribution in [1.82, 2.24) is 4.57 Å². The zero-order valence-corrected chi connectivity index (χ0v) is 14.1. The van der Waals surface area contributed by atoms with E-state index in [4.69, 9.17) is 16.7 Å². The van der Waals surface area contributed by atoms with Crippen molar-refractivity contribution in [3.63, 3.8) is 0 Å². The highest BCUT2D eigenvalue weighted by molar-refractivity contribution is 6.38. The van der Waals surface area contributed by atoms with Gasteiger partial charge in [-0.25, -0.2) is 9.18 Å². The zero-order chi connectivity index (χ0) is 18.8. The Hall–Kier alpha value is -3.12. The fraction of sp³-hybridized carbons (Fsp3) is 0.0526. The normalized spacial score (nSPS) is 11.7. The quantitative estimate of drug-likeness (QED) is 0.402. The Labute approximate surface area is 152 Å². The highest BCUT2D eigenvalue weighted by Gasteiger charge is 2.16. The molecule has 0 aliphatic heterocycles. The van der Waals surface area contributed by atoms with E-state index in [1.807, 2.05) is 0 Å². The first-order chi connectivity index (χ1) is 12.3. The topological polar surface area (TPSA) is 79.5 Å². The lowest BCUT2D eigenvalue weighted by Gasteiger charge is -2.05. The van der Waals surface area contributed by atoms with E-state index >= 15 is 0 Å². The number of aromatic nitrogens is 1. The second kappa shape index (κ2) is 7.01. The SMILES string of the molecule is O=C(O)C(=O)/C=C(\O)c1cn(Cc2ccc(F)cc2)c2ccc(Cl)cc12. The molecule has 1 aromatic heterocycles. The van der Waals surface area contributed by atoms with E-state index in [0.717, 1.165) is 11.1 Å². The van der Waals surface area contributed by atoms with Gasteiger partial charge in [0.15, 0.2) is 0 Å². The Morgan fingerprint density at radius 2 is 1.81 bits per heavy atom. The molecule has 0 fully saturated rings. The molecule has 132 valence electrons. The van der Waals surface area contributed by atoms with Crippen LogP contribution in [0.1, 0.15) is 11.1 Å². The smallest absolute Gasteiger partial charge is 0.376 e. The van der Waals surface area contributed by atoms with E-state index < -0.39 is 17.5 Å². The maximum absolute atomic E-state index is 13.1. The summed E-state index contributed by atoms with van der Waals surface area (Å²) in [6.07, 6.45) is 2.24. The van der Waals surface area contributed by atoms with Gasteiger partial charge in [0, 0.05) is 40.3 Å². The van der Waals surface area contributed by atoms with Crippen molar-refractivity contribution in [1.29, 1.82) is 0 Å². The van der Waals surface area contributed by atoms with Gasteiger partial charge in [0.05, 0.1) is 0 Å². The summed E-state index contributed by atoms with van der Waals surface area (Å²) in [6, 6.07) is 11.0. The number of aliphatic hydroxyl groups excluding tert-OH is 1. The fourth-order valence-corrected chi connectivity index (χ4v) is 2.83. The lowest BCUT2D eigenvalue weighted by molar-refractivity contribution is -0.146. The maximum Gasteiger partial charge on any atom is 0.376 e. The van der Waals surface area contributed by atoms with E-state index in [9.17, 15) is 19.1 Å². The summed E-state index contributed by atoms with van der Waals surface area (Å²) in [7, 11) is 0. The number of hydrogen-bond donors (Lipinski definition) is 2. The molecule has 0 saturated heterocycles. The molecule has 2 aromatic carbocycles. The van der Waals surface area contributed by atoms with Crippen LogP contribution in [-0.4, -0.2) is 26.5 Å². The van der Waals surface area contributed by atoms with Crippen molar-refractivity contribution in [2.24, 2.45) is 0 Å². The number of carbonyl (C=O) groups is 2. The molecule has 0 aliphatic rings. The number of ketones is 1. The lowest BCUT2D eigenvalue weighted by Crippen LogP contribution is -2.09. The predicted molar refractivity (Wildman–Crippen MR) is 95.7 cm³/mol. The van der Waals surface area contributed by atoms with Crippen LogP contribution in [0.15, 0.2) is 54.7 Å². The molecular weight excluding hydrogens is 361 g/mol. The molecular formula is C19H13ClFNO4. The second-order valence-electron chi connectivity index (χ2n) is 5.66. The molecule has 1 heterocycles. The van der Waals surface area contributed by atoms with Crippen LogP contribution in [0.25, 0.3) is 16.7 Å². The maximum atomic E-state index is 13.1. The van der Waals surface area contributed by atoms with E-state index in [1.54, 1.807) is 41.1 Å². The summed E-state index contributed by atoms with van der Waals surface area (Å²) in [5.41, 5.74) is 1.82. The minimum Gasteiger partial charge on any atom is -0.507 e. The van der Waals surface area contributed by atoms with Crippen LogP contribution in [0.4, 0.5) is 4.39 Å². The second-order valence-corrected chi connectivity index (χ2v) is 6.09. The summed E-state index contributed by atoms with van der Waals surface area (Å²) in [5, 5.41) is 19.9. The number of carbonyl (C=O) groups excluding carboxylic acids is 1. The number of rotatable bonds is 5. The lowest BCUT2D eigenvalue weighted by atomic mass is 10.1. The Morgan fingerprint density at radius 3 is 2.46 bits per heavy atom. The van der Waals surface area contributed by atoms with Crippen LogP contribution in [0, 0.1) is 5.82 Å². The first kappa shape index (κ1) is 17.7. The van der Waals surface area contributed by atoms with Gasteiger partial charge in [-0.1, -0.05) is 23.7 Å². The molecule has 0 atom stereocenters. The minimum atomic E-state index is -1.66. The number of carboxylic acids is 1. The molecule has 2 N–H and O–H groups in total. The van der Waals surface area contributed by atoms with E-state index in [1.165, 1.54) is 12.1 Å². The summed E-state index contributed by atoms with van der Waals surface area (Å²) in [6.45, 7) is 0.387. The summed E-state index contributed by atoms with van der Waals surface area (Å²) < 4.78 is 14.9. The van der Waals surface area contributed by atoms with Crippen molar-refractivity contribution < 1.29 is 24.2 Å². The number of hydrogen-bond acceptors (Lipinski definition) is 3. The van der Waals surface area contributed by atoms with Crippen molar-refractivity contribution >= 4 is 40.0 Å². The van der Waals surface area contributed by atoms with Crippen LogP contribution in [0.3, 0.4) is 0 Å². The molecule has 0 radical (unpaired) electrons. The van der Waals surface area contributed by atoms with Gasteiger partial charge >= 0.3 is 5.97 Å². The molecule has 26 heavy (non-hydrogen) atoms. The summed E-state index contributed by atoms with van der Waals surface area (Å²) in [5.74, 6) is -3.71. The molecule has 0 amide bonds. The van der Waals surface area contributed by atoms with Gasteiger partial charge < -0.3 is 14.8 Å². The average Bonchev–Trinajstić information content (AvgIpc) is 2.94. The first-order valence-corrected chi connectivity index (χ1v) is 7.94. The number of halogens is 2. The average molecular weight is 374 g/mol. The van der Waals surface area contributed by atoms with Crippen LogP contribution < -0.4 is 0 Å². The standard InChI is InChI=1S/C19H13ClFNO4/c20-12-3-6-16-14(7-12)15(17(23)8-18(24)19(25)26)10-22(16)9-11-1-4-13(21)5-2-11/h1-8,10,23H,9H2,(H,25,26)/b17-8-. The third-order valence-corrected chi connectivity index (χ3v) is 4.10. The van der Waals surface area contributed by atoms with Gasteiger partial charge in [0.25, 0.3) is 5.78 Å². The number of carboxylic acid groups (broad SMARTS) is 1. The minimum absolute atomic E-state index is 0.277. The third-order valence-electron chi connectivity index (χ3n) is 3.86. The van der Waals surface area contributed by atoms with Crippen LogP contribution in [0.5, 0.6) is 0 Å². The molecule has 7 heteroatoms. The largest absolute Gasteiger partial charge is 0.507 e. The Balaban J connectivity index is 2.09. The van der Waals surface area contributed by atoms with Crippen molar-refractivity contribution in [3.05, 3.63) is 76.7 Å². The van der Waals surface area contributed by atoms with Crippen molar-refractivity contribution in [2.75, 3.05) is 0 Å². The fourth-order valence-electron chi connectivity index (χ4n) is 2.65. The molecule has 3 aromatic rings. The molecule has 3 rings (SSSR count). The van der Waals surface area contributed by atoms with Crippen LogP contribution >= 0.6 is 11.6 Å². The van der Waals surface area contributed by atoms with E-state index in [2.05, 4.69) is 0 Å². The number of nitrogens with zero attached hydrogens (tertiary/aromatic N) is 1. The van der Waals surface area contributed by atoms with Gasteiger partial charge in [0.2, 0.25) is 0 Å². The first-order valence-electron chi connectivity index (χ1n) is 7.56. The zero-order valence-electron chi connectivity index (χ0n) is 13.3. The van der Waals surface area contributed by atoms with Gasteiger partial charge in [-0.3, -0.25) is 4.79 Å². The number of aliphatic carboxylic acids is 1. The van der Waals surface area contributed by atoms with Gasteiger partial charge in [0.1, 0.15) is 11.6 Å². The molecule has 0 aliphatic carbocycles. The molecule has 0 saturated carbocycles. The van der Waals surface area contributed by atoms with Crippen LogP contribution in [-0.2, 0) is 16.1 Å². The van der Waals surface area contributed by atoms with Crippen molar-refractivity contribution in [2.45, 2.75) is 6.54 Å². The molecule has 5 nitrogen and oxygen atoms in total. The van der Waals surface area contributed by atoms with Crippen LogP contribution in [0.2, 0.25) is 5.02 Å². The monoisotopic (exact) mass is 373 g/mol. The van der Waals surface area contributed by atoms with Gasteiger partial charge in [-0.2, -0.15) is 0 Å². The molecule has 0 bridgehead atoms. The summed E-state index contributed by atoms with van der Waals surface area (Å²) in [4.78, 5) is 22.1. The van der Waals surface area contributed by atoms with E-state index in [0.29, 0.717) is 23.0 Å².